The van der Waals surface area contributed by atoms with E-state index in [0.717, 1.165) is 18.5 Å². The number of carbonyl (C=O) groups is 1. The number of carbonyl (C=O) groups excluding carboxylic acids is 1. The number of morpholine rings is 1. The molecule has 1 fully saturated rings. The highest BCUT2D eigenvalue weighted by Gasteiger charge is 2.29. The number of anilines is 1. The van der Waals surface area contributed by atoms with Crippen LogP contribution in [-0.4, -0.2) is 58.6 Å². The first-order valence-corrected chi connectivity index (χ1v) is 11.6. The van der Waals surface area contributed by atoms with Gasteiger partial charge in [0.25, 0.3) is 5.91 Å². The van der Waals surface area contributed by atoms with Crippen molar-refractivity contribution in [2.45, 2.75) is 24.7 Å². The van der Waals surface area contributed by atoms with Crippen molar-refractivity contribution in [3.05, 3.63) is 54.1 Å². The van der Waals surface area contributed by atoms with Gasteiger partial charge in [0.05, 0.1) is 30.8 Å². The van der Waals surface area contributed by atoms with Gasteiger partial charge in [0, 0.05) is 25.3 Å². The average molecular weight is 433 g/mol. The summed E-state index contributed by atoms with van der Waals surface area (Å²) in [6, 6.07) is 13.8. The van der Waals surface area contributed by atoms with Gasteiger partial charge in [0.1, 0.15) is 5.75 Å². The number of benzene rings is 2. The van der Waals surface area contributed by atoms with Gasteiger partial charge < -0.3 is 14.4 Å². The predicted molar refractivity (Wildman–Crippen MR) is 116 cm³/mol. The summed E-state index contributed by atoms with van der Waals surface area (Å²) in [5.74, 6) is 0.0592. The number of nitrogens with zero attached hydrogens (tertiary/aromatic N) is 2. The minimum Gasteiger partial charge on any atom is -0.496 e. The minimum absolute atomic E-state index is 0.0806. The Balaban J connectivity index is 2.00. The zero-order valence-corrected chi connectivity index (χ0v) is 18.2. The van der Waals surface area contributed by atoms with Crippen molar-refractivity contribution >= 4 is 21.6 Å². The monoisotopic (exact) mass is 432 g/mol. The molecule has 1 aliphatic rings. The van der Waals surface area contributed by atoms with Crippen LogP contribution in [-0.2, 0) is 14.8 Å². The lowest BCUT2D eigenvalue weighted by Crippen LogP contribution is -2.40. The third kappa shape index (κ3) is 4.83. The summed E-state index contributed by atoms with van der Waals surface area (Å²) in [6.07, 6.45) is 1.76. The molecule has 1 heterocycles. The van der Waals surface area contributed by atoms with Crippen LogP contribution in [0.1, 0.15) is 30.1 Å². The van der Waals surface area contributed by atoms with Gasteiger partial charge in [-0.3, -0.25) is 4.79 Å². The Labute approximate surface area is 178 Å². The van der Waals surface area contributed by atoms with E-state index in [1.54, 1.807) is 11.0 Å². The van der Waals surface area contributed by atoms with Crippen LogP contribution < -0.4 is 9.64 Å². The first kappa shape index (κ1) is 22.3. The Bertz CT molecular complexity index is 957. The Morgan fingerprint density at radius 2 is 1.83 bits per heavy atom. The van der Waals surface area contributed by atoms with Gasteiger partial charge in [-0.25, -0.2) is 8.42 Å². The van der Waals surface area contributed by atoms with Crippen molar-refractivity contribution in [2.75, 3.05) is 44.9 Å². The summed E-state index contributed by atoms with van der Waals surface area (Å²) in [5, 5.41) is 0. The van der Waals surface area contributed by atoms with E-state index in [4.69, 9.17) is 9.47 Å². The molecule has 2 aromatic carbocycles. The molecule has 1 aliphatic heterocycles. The summed E-state index contributed by atoms with van der Waals surface area (Å²) >= 11 is 0. The molecule has 0 saturated carbocycles. The Hall–Kier alpha value is -2.42. The first-order chi connectivity index (χ1) is 14.5. The molecule has 1 amide bonds. The zero-order valence-electron chi connectivity index (χ0n) is 17.4. The number of hydrogen-bond acceptors (Lipinski definition) is 5. The number of sulfonamides is 1. The number of para-hydroxylation sites is 1. The van der Waals surface area contributed by atoms with Gasteiger partial charge in [0.2, 0.25) is 10.0 Å². The average Bonchev–Trinajstić information content (AvgIpc) is 2.80. The molecule has 0 atom stereocenters. The molecule has 0 N–H and O–H groups in total. The maximum Gasteiger partial charge on any atom is 0.262 e. The third-order valence-corrected chi connectivity index (χ3v) is 6.95. The fraction of sp³-hybridized carbons (Fsp3) is 0.409. The molecule has 0 radical (unpaired) electrons. The zero-order chi connectivity index (χ0) is 21.6. The van der Waals surface area contributed by atoms with Gasteiger partial charge in [-0.2, -0.15) is 4.31 Å². The summed E-state index contributed by atoms with van der Waals surface area (Å²) in [4.78, 5) is 15.3. The quantitative estimate of drug-likeness (QED) is 0.640. The van der Waals surface area contributed by atoms with Crippen molar-refractivity contribution in [2.24, 2.45) is 0 Å². The van der Waals surface area contributed by atoms with Crippen molar-refractivity contribution < 1.29 is 22.7 Å². The lowest BCUT2D eigenvalue weighted by atomic mass is 10.1. The van der Waals surface area contributed by atoms with Crippen LogP contribution in [0.2, 0.25) is 0 Å². The summed E-state index contributed by atoms with van der Waals surface area (Å²) < 4.78 is 38.2. The smallest absolute Gasteiger partial charge is 0.262 e. The Kier molecular flexibility index (Phi) is 7.47. The van der Waals surface area contributed by atoms with Crippen LogP contribution in [0.5, 0.6) is 5.75 Å². The van der Waals surface area contributed by atoms with Crippen LogP contribution in [0, 0.1) is 0 Å². The molecule has 8 heteroatoms. The maximum absolute atomic E-state index is 13.5. The van der Waals surface area contributed by atoms with Gasteiger partial charge >= 0.3 is 0 Å². The maximum atomic E-state index is 13.5. The van der Waals surface area contributed by atoms with Crippen LogP contribution in [0.4, 0.5) is 5.69 Å². The van der Waals surface area contributed by atoms with Crippen molar-refractivity contribution in [3.8, 4) is 5.75 Å². The molecule has 7 nitrogen and oxygen atoms in total. The van der Waals surface area contributed by atoms with Gasteiger partial charge in [-0.15, -0.1) is 0 Å². The molecular weight excluding hydrogens is 404 g/mol. The number of unbranched alkanes of at least 4 members (excludes halogenated alkanes) is 1. The third-order valence-electron chi connectivity index (χ3n) is 5.06. The lowest BCUT2D eigenvalue weighted by molar-refractivity contribution is 0.0730. The highest BCUT2D eigenvalue weighted by molar-refractivity contribution is 7.89. The molecule has 1 saturated heterocycles. The van der Waals surface area contributed by atoms with Gasteiger partial charge in [-0.1, -0.05) is 31.5 Å². The van der Waals surface area contributed by atoms with E-state index in [9.17, 15) is 13.2 Å². The number of amides is 1. The van der Waals surface area contributed by atoms with E-state index >= 15 is 0 Å². The second kappa shape index (κ2) is 10.1. The topological polar surface area (TPSA) is 76.2 Å². The standard InChI is InChI=1S/C22H28N2O5S/c1-3-4-12-24(18-8-6-5-7-9-18)22(25)20-17-19(10-11-21(20)28-2)30(26,27)23-13-15-29-16-14-23/h5-11,17H,3-4,12-16H2,1-2H3. The van der Waals surface area contributed by atoms with Crippen molar-refractivity contribution in [1.82, 2.24) is 4.31 Å². The van der Waals surface area contributed by atoms with Crippen molar-refractivity contribution in [3.63, 3.8) is 0 Å². The van der Waals surface area contributed by atoms with E-state index < -0.39 is 10.0 Å². The highest BCUT2D eigenvalue weighted by Crippen LogP contribution is 2.28. The number of ether oxygens (including phenoxy) is 2. The normalized spacial score (nSPS) is 15.0. The Morgan fingerprint density at radius 1 is 1.13 bits per heavy atom. The van der Waals surface area contributed by atoms with E-state index in [-0.39, 0.29) is 16.4 Å². The van der Waals surface area contributed by atoms with E-state index in [1.807, 2.05) is 30.3 Å². The van der Waals surface area contributed by atoms with Crippen LogP contribution in [0.15, 0.2) is 53.4 Å². The van der Waals surface area contributed by atoms with E-state index in [0.29, 0.717) is 38.6 Å². The number of hydrogen-bond donors (Lipinski definition) is 0. The molecule has 0 aromatic heterocycles. The molecule has 2 aromatic rings. The SMILES string of the molecule is CCCCN(C(=O)c1cc(S(=O)(=O)N2CCOCC2)ccc1OC)c1ccccc1. The number of rotatable bonds is 8. The van der Waals surface area contributed by atoms with E-state index in [1.165, 1.54) is 23.5 Å². The molecule has 0 aliphatic carbocycles. The molecular formula is C22H28N2O5S. The van der Waals surface area contributed by atoms with Gasteiger partial charge in [-0.05, 0) is 36.8 Å². The highest BCUT2D eigenvalue weighted by atomic mass is 32.2. The second-order valence-corrected chi connectivity index (χ2v) is 8.96. The van der Waals surface area contributed by atoms with E-state index in [2.05, 4.69) is 6.92 Å². The molecule has 0 unspecified atom stereocenters. The second-order valence-electron chi connectivity index (χ2n) is 7.02. The Morgan fingerprint density at radius 3 is 2.47 bits per heavy atom. The fourth-order valence-electron chi connectivity index (χ4n) is 3.37. The van der Waals surface area contributed by atoms with Crippen LogP contribution in [0.25, 0.3) is 0 Å². The summed E-state index contributed by atoms with van der Waals surface area (Å²) in [7, 11) is -2.25. The van der Waals surface area contributed by atoms with Crippen LogP contribution in [0.3, 0.4) is 0 Å². The minimum atomic E-state index is -3.72. The predicted octanol–water partition coefficient (Wildman–Crippen LogP) is 3.16. The lowest BCUT2D eigenvalue weighted by Gasteiger charge is -2.27. The molecule has 3 rings (SSSR count). The first-order valence-electron chi connectivity index (χ1n) is 10.1. The summed E-state index contributed by atoms with van der Waals surface area (Å²) in [5.41, 5.74) is 0.992. The molecule has 30 heavy (non-hydrogen) atoms. The van der Waals surface area contributed by atoms with Crippen molar-refractivity contribution in [1.29, 1.82) is 0 Å². The fourth-order valence-corrected chi connectivity index (χ4v) is 4.80. The van der Waals surface area contributed by atoms with Crippen LogP contribution >= 0.6 is 0 Å². The molecule has 0 bridgehead atoms. The number of methoxy groups -OCH3 is 1. The summed E-state index contributed by atoms with van der Waals surface area (Å²) in [6.45, 7) is 3.90. The van der Waals surface area contributed by atoms with Gasteiger partial charge in [0.15, 0.2) is 0 Å². The molecule has 0 spiro atoms. The largest absolute Gasteiger partial charge is 0.496 e. The molecule has 162 valence electrons.